The number of nitrogens with zero attached hydrogens (tertiary/aromatic N) is 2. The molecule has 3 aromatic rings. The summed E-state index contributed by atoms with van der Waals surface area (Å²) >= 11 is 6.17. The van der Waals surface area contributed by atoms with E-state index < -0.39 is 11.9 Å². The highest BCUT2D eigenvalue weighted by molar-refractivity contribution is 6.31. The Labute approximate surface area is 154 Å². The number of anilines is 1. The van der Waals surface area contributed by atoms with Crippen LogP contribution in [-0.4, -0.2) is 28.5 Å². The largest absolute Gasteiger partial charge is 0.481 e. The predicted molar refractivity (Wildman–Crippen MR) is 97.3 cm³/mol. The van der Waals surface area contributed by atoms with Gasteiger partial charge in [0.1, 0.15) is 5.52 Å². The molecule has 1 fully saturated rings. The van der Waals surface area contributed by atoms with Crippen LogP contribution in [-0.2, 0) is 9.59 Å². The molecule has 7 heteroatoms. The van der Waals surface area contributed by atoms with Crippen molar-refractivity contribution >= 4 is 40.3 Å². The van der Waals surface area contributed by atoms with E-state index >= 15 is 0 Å². The number of hydrogen-bond acceptors (Lipinski definition) is 4. The Hall–Kier alpha value is -2.86. The third-order valence-corrected chi connectivity index (χ3v) is 4.98. The standard InChI is InChI=1S/C19H15ClN2O4/c1-10-2-3-11(6-14(10)20)18-21-15-5-4-13(8-16(15)26-18)22-9-12(19(24)25)7-17(22)23/h2-6,8,12H,7,9H2,1H3,(H,24,25). The van der Waals surface area contributed by atoms with Gasteiger partial charge < -0.3 is 14.4 Å². The van der Waals surface area contributed by atoms with Gasteiger partial charge in [-0.05, 0) is 36.8 Å². The lowest BCUT2D eigenvalue weighted by molar-refractivity contribution is -0.141. The van der Waals surface area contributed by atoms with Crippen molar-refractivity contribution in [3.05, 3.63) is 47.0 Å². The summed E-state index contributed by atoms with van der Waals surface area (Å²) in [6.45, 7) is 2.08. The Morgan fingerprint density at radius 1 is 1.31 bits per heavy atom. The Morgan fingerprint density at radius 3 is 2.81 bits per heavy atom. The topological polar surface area (TPSA) is 83.6 Å². The zero-order valence-corrected chi connectivity index (χ0v) is 14.7. The molecule has 0 saturated carbocycles. The Kier molecular flexibility index (Phi) is 3.92. The van der Waals surface area contributed by atoms with Gasteiger partial charge in [0.05, 0.1) is 5.92 Å². The number of carboxylic acids is 1. The van der Waals surface area contributed by atoms with Gasteiger partial charge in [-0.1, -0.05) is 17.7 Å². The lowest BCUT2D eigenvalue weighted by Gasteiger charge is -2.15. The molecule has 132 valence electrons. The normalized spacial score (nSPS) is 17.2. The third kappa shape index (κ3) is 2.82. The molecular formula is C19H15ClN2O4. The molecule has 1 aromatic heterocycles. The fourth-order valence-electron chi connectivity index (χ4n) is 3.05. The second-order valence-electron chi connectivity index (χ2n) is 6.38. The molecule has 6 nitrogen and oxygen atoms in total. The highest BCUT2D eigenvalue weighted by atomic mass is 35.5. The van der Waals surface area contributed by atoms with Crippen LogP contribution in [0.1, 0.15) is 12.0 Å². The second kappa shape index (κ2) is 6.14. The van der Waals surface area contributed by atoms with Crippen molar-refractivity contribution in [1.82, 2.24) is 4.98 Å². The van der Waals surface area contributed by atoms with Gasteiger partial charge in [0.25, 0.3) is 0 Å². The number of hydrogen-bond donors (Lipinski definition) is 1. The molecule has 1 unspecified atom stereocenters. The van der Waals surface area contributed by atoms with E-state index in [-0.39, 0.29) is 18.9 Å². The Morgan fingerprint density at radius 2 is 2.12 bits per heavy atom. The van der Waals surface area contributed by atoms with Gasteiger partial charge in [-0.2, -0.15) is 0 Å². The fraction of sp³-hybridized carbons (Fsp3) is 0.211. The molecule has 1 N–H and O–H groups in total. The first kappa shape index (κ1) is 16.6. The second-order valence-corrected chi connectivity index (χ2v) is 6.79. The molecule has 1 aliphatic heterocycles. The predicted octanol–water partition coefficient (Wildman–Crippen LogP) is 3.89. The fourth-order valence-corrected chi connectivity index (χ4v) is 3.23. The van der Waals surface area contributed by atoms with Gasteiger partial charge in [0.15, 0.2) is 5.58 Å². The molecule has 0 bridgehead atoms. The number of carboxylic acid groups (broad SMARTS) is 1. The third-order valence-electron chi connectivity index (χ3n) is 4.58. The van der Waals surface area contributed by atoms with Crippen molar-refractivity contribution in [3.63, 3.8) is 0 Å². The highest BCUT2D eigenvalue weighted by Gasteiger charge is 2.35. The summed E-state index contributed by atoms with van der Waals surface area (Å²) in [6, 6.07) is 10.8. The van der Waals surface area contributed by atoms with Gasteiger partial charge >= 0.3 is 5.97 Å². The quantitative estimate of drug-likeness (QED) is 0.756. The van der Waals surface area contributed by atoms with Crippen LogP contribution >= 0.6 is 11.6 Å². The molecule has 0 spiro atoms. The zero-order valence-electron chi connectivity index (χ0n) is 13.9. The Balaban J connectivity index is 1.69. The monoisotopic (exact) mass is 370 g/mol. The van der Waals surface area contributed by atoms with Crippen molar-refractivity contribution in [2.24, 2.45) is 5.92 Å². The van der Waals surface area contributed by atoms with Crippen molar-refractivity contribution < 1.29 is 19.1 Å². The van der Waals surface area contributed by atoms with Gasteiger partial charge in [-0.15, -0.1) is 0 Å². The molecule has 0 radical (unpaired) electrons. The smallest absolute Gasteiger partial charge is 0.308 e. The minimum absolute atomic E-state index is 0.0108. The molecule has 4 rings (SSSR count). The number of aromatic nitrogens is 1. The molecule has 1 aliphatic rings. The van der Waals surface area contributed by atoms with Gasteiger partial charge in [-0.25, -0.2) is 4.98 Å². The van der Waals surface area contributed by atoms with Crippen LogP contribution in [0.25, 0.3) is 22.6 Å². The van der Waals surface area contributed by atoms with Crippen molar-refractivity contribution in [2.75, 3.05) is 11.4 Å². The molecule has 1 amide bonds. The van der Waals surface area contributed by atoms with E-state index in [0.29, 0.717) is 27.7 Å². The maximum atomic E-state index is 12.1. The first-order valence-corrected chi connectivity index (χ1v) is 8.50. The van der Waals surface area contributed by atoms with E-state index in [1.807, 2.05) is 19.1 Å². The van der Waals surface area contributed by atoms with E-state index in [2.05, 4.69) is 4.98 Å². The lowest BCUT2D eigenvalue weighted by Crippen LogP contribution is -2.25. The summed E-state index contributed by atoms with van der Waals surface area (Å²) in [6.07, 6.45) is 0.0108. The number of fused-ring (bicyclic) bond motifs is 1. The van der Waals surface area contributed by atoms with E-state index in [0.717, 1.165) is 11.1 Å². The van der Waals surface area contributed by atoms with Crippen LogP contribution in [0.15, 0.2) is 40.8 Å². The first-order chi connectivity index (χ1) is 12.4. The van der Waals surface area contributed by atoms with Crippen LogP contribution in [0.5, 0.6) is 0 Å². The van der Waals surface area contributed by atoms with E-state index in [9.17, 15) is 9.59 Å². The average molecular weight is 371 g/mol. The van der Waals surface area contributed by atoms with Crippen LogP contribution < -0.4 is 4.90 Å². The summed E-state index contributed by atoms with van der Waals surface area (Å²) in [5.41, 5.74) is 3.52. The Bertz CT molecular complexity index is 1040. The highest BCUT2D eigenvalue weighted by Crippen LogP contribution is 2.32. The van der Waals surface area contributed by atoms with Crippen LogP contribution in [0, 0.1) is 12.8 Å². The van der Waals surface area contributed by atoms with E-state index in [4.69, 9.17) is 21.1 Å². The van der Waals surface area contributed by atoms with Gasteiger partial charge in [0, 0.05) is 35.3 Å². The SMILES string of the molecule is Cc1ccc(-c2nc3ccc(N4CC(C(=O)O)CC4=O)cc3o2)cc1Cl. The van der Waals surface area contributed by atoms with E-state index in [1.54, 1.807) is 24.3 Å². The maximum absolute atomic E-state index is 12.1. The lowest BCUT2D eigenvalue weighted by atomic mass is 10.1. The molecule has 2 heterocycles. The molecule has 1 saturated heterocycles. The number of rotatable bonds is 3. The van der Waals surface area contributed by atoms with Crippen LogP contribution in [0.3, 0.4) is 0 Å². The zero-order chi connectivity index (χ0) is 18.4. The number of aliphatic carboxylic acids is 1. The summed E-state index contributed by atoms with van der Waals surface area (Å²) < 4.78 is 5.83. The minimum Gasteiger partial charge on any atom is -0.481 e. The molecule has 0 aliphatic carbocycles. The first-order valence-electron chi connectivity index (χ1n) is 8.12. The molecule has 1 atom stereocenters. The number of amides is 1. The number of carbonyl (C=O) groups excluding carboxylic acids is 1. The summed E-state index contributed by atoms with van der Waals surface area (Å²) in [5.74, 6) is -1.41. The van der Waals surface area contributed by atoms with Crippen LogP contribution in [0.4, 0.5) is 5.69 Å². The van der Waals surface area contributed by atoms with Crippen molar-refractivity contribution in [1.29, 1.82) is 0 Å². The minimum atomic E-state index is -0.958. The number of oxazole rings is 1. The molecule has 2 aromatic carbocycles. The van der Waals surface area contributed by atoms with Gasteiger partial charge in [-0.3, -0.25) is 9.59 Å². The average Bonchev–Trinajstić information content (AvgIpc) is 3.20. The summed E-state index contributed by atoms with van der Waals surface area (Å²) in [7, 11) is 0. The number of aryl methyl sites for hydroxylation is 1. The van der Waals surface area contributed by atoms with Crippen molar-refractivity contribution in [3.8, 4) is 11.5 Å². The van der Waals surface area contributed by atoms with E-state index in [1.165, 1.54) is 4.90 Å². The number of carbonyl (C=O) groups is 2. The number of benzene rings is 2. The van der Waals surface area contributed by atoms with Crippen LogP contribution in [0.2, 0.25) is 5.02 Å². The number of halogens is 1. The van der Waals surface area contributed by atoms with Crippen molar-refractivity contribution in [2.45, 2.75) is 13.3 Å². The summed E-state index contributed by atoms with van der Waals surface area (Å²) in [5, 5.41) is 9.75. The summed E-state index contributed by atoms with van der Waals surface area (Å²) in [4.78, 5) is 29.2. The maximum Gasteiger partial charge on any atom is 0.308 e. The molecular weight excluding hydrogens is 356 g/mol. The van der Waals surface area contributed by atoms with Gasteiger partial charge in [0.2, 0.25) is 11.8 Å². The molecule has 26 heavy (non-hydrogen) atoms.